The third-order valence-corrected chi connectivity index (χ3v) is 5.33. The number of amides is 2. The zero-order chi connectivity index (χ0) is 19.7. The molecule has 8 nitrogen and oxygen atoms in total. The molecule has 2 aliphatic heterocycles. The summed E-state index contributed by atoms with van der Waals surface area (Å²) in [5.41, 5.74) is 0.199. The van der Waals surface area contributed by atoms with E-state index in [0.29, 0.717) is 38.3 Å². The van der Waals surface area contributed by atoms with Gasteiger partial charge in [0, 0.05) is 44.7 Å². The summed E-state index contributed by atoms with van der Waals surface area (Å²) in [6.07, 6.45) is 2.73. The summed E-state index contributed by atoms with van der Waals surface area (Å²) in [6, 6.07) is 5.44. The van der Waals surface area contributed by atoms with Gasteiger partial charge in [0.1, 0.15) is 18.2 Å². The fourth-order valence-electron chi connectivity index (χ4n) is 3.71. The van der Waals surface area contributed by atoms with Gasteiger partial charge in [-0.25, -0.2) is 13.9 Å². The molecule has 2 amide bonds. The molecule has 1 aromatic heterocycles. The van der Waals surface area contributed by atoms with E-state index in [-0.39, 0.29) is 29.9 Å². The number of aryl methyl sites for hydroxylation is 1. The first-order valence-electron chi connectivity index (χ1n) is 9.52. The predicted octanol–water partition coefficient (Wildman–Crippen LogP) is 0.505. The summed E-state index contributed by atoms with van der Waals surface area (Å²) in [5.74, 6) is 0.0125. The van der Waals surface area contributed by atoms with Crippen molar-refractivity contribution in [3.8, 4) is 0 Å². The van der Waals surface area contributed by atoms with Crippen LogP contribution in [0, 0.1) is 5.82 Å². The monoisotopic (exact) mass is 387 g/mol. The minimum atomic E-state index is -0.386. The van der Waals surface area contributed by atoms with E-state index in [4.69, 9.17) is 0 Å². The van der Waals surface area contributed by atoms with Crippen LogP contribution in [-0.2, 0) is 24.3 Å². The zero-order valence-electron chi connectivity index (χ0n) is 15.5. The van der Waals surface area contributed by atoms with Gasteiger partial charge in [-0.3, -0.25) is 14.2 Å². The first-order chi connectivity index (χ1) is 13.5. The van der Waals surface area contributed by atoms with Crippen LogP contribution in [0.25, 0.3) is 0 Å². The van der Waals surface area contributed by atoms with Gasteiger partial charge in [0.15, 0.2) is 0 Å². The second-order valence-electron chi connectivity index (χ2n) is 7.15. The Morgan fingerprint density at radius 1 is 0.964 bits per heavy atom. The number of aromatic nitrogens is 3. The van der Waals surface area contributed by atoms with Gasteiger partial charge in [-0.1, -0.05) is 0 Å². The molecule has 0 N–H and O–H groups in total. The van der Waals surface area contributed by atoms with Crippen LogP contribution in [0.4, 0.5) is 4.39 Å². The molecular weight excluding hydrogens is 365 g/mol. The van der Waals surface area contributed by atoms with Crippen molar-refractivity contribution < 1.29 is 14.0 Å². The molecule has 0 aliphatic carbocycles. The molecular formula is C19H22FN5O3. The lowest BCUT2D eigenvalue weighted by Gasteiger charge is -2.34. The molecule has 0 radical (unpaired) electrons. The smallest absolute Gasteiger partial charge is 0.338 e. The number of hydrogen-bond donors (Lipinski definition) is 0. The lowest BCUT2D eigenvalue weighted by atomic mass is 10.2. The Labute approximate surface area is 161 Å². The molecule has 1 fully saturated rings. The Balaban J connectivity index is 1.35. The molecule has 4 rings (SSSR count). The summed E-state index contributed by atoms with van der Waals surface area (Å²) in [5, 5.41) is 4.30. The summed E-state index contributed by atoms with van der Waals surface area (Å²) in [7, 11) is 0. The van der Waals surface area contributed by atoms with E-state index < -0.39 is 0 Å². The summed E-state index contributed by atoms with van der Waals surface area (Å²) in [4.78, 5) is 40.7. The molecule has 2 aromatic rings. The van der Waals surface area contributed by atoms with Crippen LogP contribution >= 0.6 is 0 Å². The third-order valence-electron chi connectivity index (χ3n) is 5.33. The van der Waals surface area contributed by atoms with Crippen molar-refractivity contribution in [1.82, 2.24) is 24.1 Å². The maximum Gasteiger partial charge on any atom is 0.346 e. The standard InChI is InChI=1S/C19H22FN5O3/c20-15-6-4-14(5-7-15)18(27)23-11-9-22(10-12-23)17(26)13-25-19(28)24-8-2-1-3-16(24)21-25/h4-7H,1-3,8-13H2. The van der Waals surface area contributed by atoms with E-state index >= 15 is 0 Å². The number of rotatable bonds is 3. The zero-order valence-corrected chi connectivity index (χ0v) is 15.5. The molecule has 0 atom stereocenters. The van der Waals surface area contributed by atoms with Gasteiger partial charge in [0.05, 0.1) is 0 Å². The average Bonchev–Trinajstić information content (AvgIpc) is 3.04. The lowest BCUT2D eigenvalue weighted by molar-refractivity contribution is -0.133. The van der Waals surface area contributed by atoms with E-state index in [1.165, 1.54) is 28.9 Å². The van der Waals surface area contributed by atoms with Crippen molar-refractivity contribution in [2.24, 2.45) is 0 Å². The van der Waals surface area contributed by atoms with Gasteiger partial charge in [-0.2, -0.15) is 5.10 Å². The Morgan fingerprint density at radius 2 is 1.64 bits per heavy atom. The van der Waals surface area contributed by atoms with E-state index in [9.17, 15) is 18.8 Å². The van der Waals surface area contributed by atoms with Crippen LogP contribution < -0.4 is 5.69 Å². The number of piperazine rings is 1. The van der Waals surface area contributed by atoms with Crippen LogP contribution in [-0.4, -0.2) is 62.1 Å². The maximum absolute atomic E-state index is 13.0. The van der Waals surface area contributed by atoms with Crippen molar-refractivity contribution in [2.75, 3.05) is 26.2 Å². The molecule has 0 unspecified atom stereocenters. The van der Waals surface area contributed by atoms with Crippen molar-refractivity contribution in [1.29, 1.82) is 0 Å². The molecule has 0 saturated carbocycles. The average molecular weight is 387 g/mol. The maximum atomic E-state index is 13.0. The predicted molar refractivity (Wildman–Crippen MR) is 98.3 cm³/mol. The minimum absolute atomic E-state index is 0.0786. The van der Waals surface area contributed by atoms with Gasteiger partial charge in [-0.15, -0.1) is 0 Å². The van der Waals surface area contributed by atoms with Crippen LogP contribution in [0.2, 0.25) is 0 Å². The van der Waals surface area contributed by atoms with E-state index in [2.05, 4.69) is 5.10 Å². The number of carbonyl (C=O) groups excluding carboxylic acids is 2. The highest BCUT2D eigenvalue weighted by Gasteiger charge is 2.26. The van der Waals surface area contributed by atoms with Crippen LogP contribution in [0.15, 0.2) is 29.1 Å². The fourth-order valence-corrected chi connectivity index (χ4v) is 3.71. The molecule has 2 aliphatic rings. The second-order valence-corrected chi connectivity index (χ2v) is 7.15. The Kier molecular flexibility index (Phi) is 4.97. The van der Waals surface area contributed by atoms with Crippen LogP contribution in [0.1, 0.15) is 29.0 Å². The molecule has 148 valence electrons. The quantitative estimate of drug-likeness (QED) is 0.768. The lowest BCUT2D eigenvalue weighted by Crippen LogP contribution is -2.51. The first kappa shape index (κ1) is 18.4. The number of benzene rings is 1. The van der Waals surface area contributed by atoms with Crippen LogP contribution in [0.3, 0.4) is 0 Å². The van der Waals surface area contributed by atoms with Crippen molar-refractivity contribution in [3.05, 3.63) is 52.0 Å². The summed E-state index contributed by atoms with van der Waals surface area (Å²) < 4.78 is 15.9. The normalized spacial score (nSPS) is 16.8. The highest BCUT2D eigenvalue weighted by atomic mass is 19.1. The van der Waals surface area contributed by atoms with Gasteiger partial charge in [0.2, 0.25) is 5.91 Å². The topological polar surface area (TPSA) is 80.4 Å². The van der Waals surface area contributed by atoms with Crippen LogP contribution in [0.5, 0.6) is 0 Å². The summed E-state index contributed by atoms with van der Waals surface area (Å²) in [6.45, 7) is 2.17. The molecule has 3 heterocycles. The fraction of sp³-hybridized carbons (Fsp3) is 0.474. The Hall–Kier alpha value is -2.97. The number of halogens is 1. The number of nitrogens with zero attached hydrogens (tertiary/aromatic N) is 5. The molecule has 9 heteroatoms. The minimum Gasteiger partial charge on any atom is -0.338 e. The second kappa shape index (κ2) is 7.57. The Morgan fingerprint density at radius 3 is 2.32 bits per heavy atom. The van der Waals surface area contributed by atoms with E-state index in [0.717, 1.165) is 25.1 Å². The molecule has 1 saturated heterocycles. The largest absolute Gasteiger partial charge is 0.346 e. The summed E-state index contributed by atoms with van der Waals surface area (Å²) >= 11 is 0. The Bertz CT molecular complexity index is 941. The highest BCUT2D eigenvalue weighted by Crippen LogP contribution is 2.12. The van der Waals surface area contributed by atoms with Crippen molar-refractivity contribution in [2.45, 2.75) is 32.4 Å². The number of hydrogen-bond acceptors (Lipinski definition) is 4. The third kappa shape index (κ3) is 3.56. The number of fused-ring (bicyclic) bond motifs is 1. The first-order valence-corrected chi connectivity index (χ1v) is 9.52. The van der Waals surface area contributed by atoms with Gasteiger partial charge >= 0.3 is 5.69 Å². The highest BCUT2D eigenvalue weighted by molar-refractivity contribution is 5.94. The van der Waals surface area contributed by atoms with E-state index in [1.54, 1.807) is 14.4 Å². The molecule has 1 aromatic carbocycles. The van der Waals surface area contributed by atoms with E-state index in [1.807, 2.05) is 0 Å². The van der Waals surface area contributed by atoms with Gasteiger partial charge in [-0.05, 0) is 37.1 Å². The molecule has 28 heavy (non-hydrogen) atoms. The SMILES string of the molecule is O=C(Cn1nc2n(c1=O)CCCC2)N1CCN(C(=O)c2ccc(F)cc2)CC1. The number of carbonyl (C=O) groups is 2. The van der Waals surface area contributed by atoms with Crippen molar-refractivity contribution >= 4 is 11.8 Å². The molecule has 0 bridgehead atoms. The van der Waals surface area contributed by atoms with Gasteiger partial charge < -0.3 is 9.80 Å². The van der Waals surface area contributed by atoms with Gasteiger partial charge in [0.25, 0.3) is 5.91 Å². The molecule has 0 spiro atoms. The van der Waals surface area contributed by atoms with Crippen molar-refractivity contribution in [3.63, 3.8) is 0 Å².